The maximum absolute atomic E-state index is 13.7. The van der Waals surface area contributed by atoms with E-state index in [4.69, 9.17) is 11.6 Å². The van der Waals surface area contributed by atoms with Crippen LogP contribution in [-0.4, -0.2) is 51.0 Å². The van der Waals surface area contributed by atoms with Gasteiger partial charge in [0.2, 0.25) is 0 Å². The Bertz CT molecular complexity index is 1510. The van der Waals surface area contributed by atoms with E-state index in [0.29, 0.717) is 54.6 Å². The lowest BCUT2D eigenvalue weighted by Crippen LogP contribution is -2.46. The van der Waals surface area contributed by atoms with Crippen molar-refractivity contribution in [1.29, 1.82) is 0 Å². The van der Waals surface area contributed by atoms with E-state index in [1.54, 1.807) is 36.3 Å². The highest BCUT2D eigenvalue weighted by atomic mass is 32.1. The first-order valence-corrected chi connectivity index (χ1v) is 12.7. The minimum atomic E-state index is -3.03. The summed E-state index contributed by atoms with van der Waals surface area (Å²) in [5.74, 6) is -0.227. The van der Waals surface area contributed by atoms with Crippen molar-refractivity contribution in [2.45, 2.75) is 65.6 Å². The smallest absolute Gasteiger partial charge is 0.254 e. The highest BCUT2D eigenvalue weighted by Gasteiger charge is 2.44. The van der Waals surface area contributed by atoms with Gasteiger partial charge >= 0.3 is 0 Å². The molecule has 1 saturated heterocycles. The maximum atomic E-state index is 13.7. The molecule has 1 fully saturated rings. The predicted octanol–water partition coefficient (Wildman–Crippen LogP) is 5.09. The maximum Gasteiger partial charge on any atom is 0.254 e. The van der Waals surface area contributed by atoms with Crippen LogP contribution >= 0.6 is 11.3 Å². The lowest BCUT2D eigenvalue weighted by molar-refractivity contribution is 0.0522. The van der Waals surface area contributed by atoms with Gasteiger partial charge in [0.15, 0.2) is 5.78 Å². The summed E-state index contributed by atoms with van der Waals surface area (Å²) in [7, 11) is 1.66. The zero-order valence-corrected chi connectivity index (χ0v) is 21.6. The number of amides is 1. The number of ether oxygens (including phenoxy) is 1. The summed E-state index contributed by atoms with van der Waals surface area (Å²) in [5.41, 5.74) is 1.59. The number of hydrogen-bond donors (Lipinski definition) is 0. The first-order chi connectivity index (χ1) is 18.4. The lowest BCUT2D eigenvalue weighted by atomic mass is 9.68. The molecule has 0 atom stereocenters. The summed E-state index contributed by atoms with van der Waals surface area (Å²) < 4.78 is 45.5. The van der Waals surface area contributed by atoms with Crippen molar-refractivity contribution < 1.29 is 21.2 Å². The molecule has 0 unspecified atom stereocenters. The molecule has 7 nitrogen and oxygen atoms in total. The van der Waals surface area contributed by atoms with Gasteiger partial charge < -0.3 is 9.64 Å². The molecule has 35 heavy (non-hydrogen) atoms. The van der Waals surface area contributed by atoms with Crippen LogP contribution in [0.5, 0.6) is 5.75 Å². The minimum absolute atomic E-state index is 0.0520. The van der Waals surface area contributed by atoms with Crippen LogP contribution in [0.3, 0.4) is 0 Å². The fourth-order valence-corrected chi connectivity index (χ4v) is 6.67. The van der Waals surface area contributed by atoms with Gasteiger partial charge in [-0.3, -0.25) is 14.3 Å². The number of likely N-dealkylation sites (tertiary alicyclic amines) is 1. The Hall–Kier alpha value is -2.74. The number of carbonyl (C=O) groups excluding carboxylic acids is 2. The number of aromatic nitrogens is 3. The van der Waals surface area contributed by atoms with Crippen LogP contribution in [0.4, 0.5) is 0 Å². The Balaban J connectivity index is 1.39. The van der Waals surface area contributed by atoms with Crippen molar-refractivity contribution in [3.05, 3.63) is 39.0 Å². The van der Waals surface area contributed by atoms with E-state index in [1.165, 1.54) is 10.7 Å². The fraction of sp³-hybridized carbons (Fsp3) is 0.556. The molecule has 0 bridgehead atoms. The second-order valence-electron chi connectivity index (χ2n) is 10.9. The van der Waals surface area contributed by atoms with Crippen molar-refractivity contribution >= 4 is 33.9 Å². The number of benzene rings is 1. The Morgan fingerprint density at radius 1 is 1.29 bits per heavy atom. The van der Waals surface area contributed by atoms with E-state index >= 15 is 0 Å². The molecule has 2 aromatic heterocycles. The fourth-order valence-electron chi connectivity index (χ4n) is 5.36. The third-order valence-electron chi connectivity index (χ3n) is 7.28. The zero-order chi connectivity index (χ0) is 29.4. The van der Waals surface area contributed by atoms with Gasteiger partial charge in [0.1, 0.15) is 17.0 Å². The Morgan fingerprint density at radius 2 is 2.03 bits per heavy atom. The molecular weight excluding hydrogens is 460 g/mol. The molecule has 1 amide bonds. The van der Waals surface area contributed by atoms with Gasteiger partial charge in [-0.25, -0.2) is 4.98 Å². The third-order valence-corrected chi connectivity index (χ3v) is 8.76. The average molecular weight is 500 g/mol. The molecule has 5 rings (SSSR count). The van der Waals surface area contributed by atoms with Gasteiger partial charge in [0.05, 0.1) is 20.0 Å². The van der Waals surface area contributed by atoms with Gasteiger partial charge in [-0.15, -0.1) is 11.3 Å². The highest BCUT2D eigenvalue weighted by molar-refractivity contribution is 7.12. The number of Topliss-reactive ketones (excluding diaryl/α,β-unsaturated/α-hetero) is 1. The largest absolute Gasteiger partial charge is 0.492 e. The van der Waals surface area contributed by atoms with Crippen molar-refractivity contribution in [3.8, 4) is 5.75 Å². The predicted molar refractivity (Wildman–Crippen MR) is 138 cm³/mol. The molecule has 3 heterocycles. The Labute approximate surface area is 217 Å². The third kappa shape index (κ3) is 4.15. The van der Waals surface area contributed by atoms with Crippen molar-refractivity contribution in [2.75, 3.05) is 19.6 Å². The molecule has 3 aromatic rings. The zero-order valence-electron chi connectivity index (χ0n) is 25.8. The first-order valence-electron chi connectivity index (χ1n) is 14.4. The summed E-state index contributed by atoms with van der Waals surface area (Å²) in [6.07, 6.45) is 2.59. The minimum Gasteiger partial charge on any atom is -0.492 e. The second-order valence-corrected chi connectivity index (χ2v) is 12.0. The number of ketones is 1. The van der Waals surface area contributed by atoms with Crippen molar-refractivity contribution in [2.24, 2.45) is 12.5 Å². The molecule has 1 spiro atoms. The van der Waals surface area contributed by atoms with Crippen LogP contribution in [0.15, 0.2) is 12.1 Å². The van der Waals surface area contributed by atoms with Gasteiger partial charge in [-0.2, -0.15) is 5.10 Å². The van der Waals surface area contributed by atoms with Crippen LogP contribution < -0.4 is 4.74 Å². The number of nitrogens with zero attached hydrogens (tertiary/aromatic N) is 4. The average Bonchev–Trinajstić information content (AvgIpc) is 3.39. The van der Waals surface area contributed by atoms with E-state index in [0.717, 1.165) is 16.3 Å². The number of carbonyl (C=O) groups is 2. The van der Waals surface area contributed by atoms with Gasteiger partial charge in [0, 0.05) is 51.9 Å². The molecule has 0 saturated carbocycles. The standard InChI is InChI=1S/C27H34N4O3S/c1-7-34-20-13-17(12-18-16(2)29-30(6)23(18)20)24(33)31-10-8-27(9-11-31)14-19(32)22-21(15-27)35-25(28-22)26(3,4)5/h12-13H,7-11,14-15H2,1-6H3/i1D3,7D2. The first kappa shape index (κ1) is 18.5. The van der Waals surface area contributed by atoms with E-state index in [-0.39, 0.29) is 33.8 Å². The molecule has 1 aliphatic carbocycles. The summed E-state index contributed by atoms with van der Waals surface area (Å²) in [5, 5.41) is 5.92. The molecule has 1 aliphatic heterocycles. The van der Waals surface area contributed by atoms with Crippen LogP contribution in [0.2, 0.25) is 0 Å². The van der Waals surface area contributed by atoms with Gasteiger partial charge in [0.25, 0.3) is 5.91 Å². The summed E-state index contributed by atoms with van der Waals surface area (Å²) in [6, 6.07) is 3.10. The number of hydrogen-bond acceptors (Lipinski definition) is 6. The van der Waals surface area contributed by atoms with E-state index < -0.39 is 13.4 Å². The SMILES string of the molecule is [2H]C([2H])([2H])C([2H])([2H])Oc1cc(C(=O)N2CCC3(CC2)CC(=O)c2nc(C(C)(C)C)sc2C3)cc2c(C)nn(C)c12. The lowest BCUT2D eigenvalue weighted by Gasteiger charge is -2.43. The highest BCUT2D eigenvalue weighted by Crippen LogP contribution is 2.46. The summed E-state index contributed by atoms with van der Waals surface area (Å²) in [6.45, 7) is 3.01. The Kier molecular flexibility index (Phi) is 4.46. The van der Waals surface area contributed by atoms with Gasteiger partial charge in [-0.05, 0) is 50.6 Å². The molecule has 186 valence electrons. The number of fused-ring (bicyclic) bond motifs is 2. The molecule has 0 N–H and O–H groups in total. The van der Waals surface area contributed by atoms with E-state index in [1.807, 2.05) is 0 Å². The number of piperidine rings is 1. The van der Waals surface area contributed by atoms with Crippen molar-refractivity contribution in [1.82, 2.24) is 19.7 Å². The summed E-state index contributed by atoms with van der Waals surface area (Å²) in [4.78, 5) is 34.2. The second kappa shape index (κ2) is 8.43. The molecular formula is C27H34N4O3S. The normalized spacial score (nSPS) is 20.7. The topological polar surface area (TPSA) is 77.3 Å². The van der Waals surface area contributed by atoms with E-state index in [9.17, 15) is 9.59 Å². The quantitative estimate of drug-likeness (QED) is 0.502. The van der Waals surface area contributed by atoms with E-state index in [2.05, 4.69) is 30.9 Å². The van der Waals surface area contributed by atoms with Crippen LogP contribution in [-0.2, 0) is 18.9 Å². The van der Waals surface area contributed by atoms with Gasteiger partial charge in [-0.1, -0.05) is 20.8 Å². The van der Waals surface area contributed by atoms with Crippen LogP contribution in [0.1, 0.15) is 90.2 Å². The Morgan fingerprint density at radius 3 is 2.71 bits per heavy atom. The number of rotatable bonds is 3. The monoisotopic (exact) mass is 499 g/mol. The van der Waals surface area contributed by atoms with Crippen LogP contribution in [0.25, 0.3) is 10.9 Å². The molecule has 8 heteroatoms. The molecule has 1 aromatic carbocycles. The number of thiazole rings is 1. The molecule has 2 aliphatic rings. The van der Waals surface area contributed by atoms with Crippen molar-refractivity contribution in [3.63, 3.8) is 0 Å². The van der Waals surface area contributed by atoms with Crippen LogP contribution in [0, 0.1) is 12.3 Å². The summed E-state index contributed by atoms with van der Waals surface area (Å²) >= 11 is 1.62. The molecule has 0 radical (unpaired) electrons. The number of aryl methyl sites for hydroxylation is 2.